The van der Waals surface area contributed by atoms with Crippen molar-refractivity contribution in [1.82, 2.24) is 0 Å². The zero-order valence-electron chi connectivity index (χ0n) is 16.1. The van der Waals surface area contributed by atoms with Crippen LogP contribution in [0.1, 0.15) is 76.7 Å². The molecule has 0 N–H and O–H groups in total. The van der Waals surface area contributed by atoms with Gasteiger partial charge in [-0.3, -0.25) is 0 Å². The highest BCUT2D eigenvalue weighted by molar-refractivity contribution is 5.39. The van der Waals surface area contributed by atoms with E-state index in [1.165, 1.54) is 51.4 Å². The molecule has 0 heterocycles. The van der Waals surface area contributed by atoms with E-state index in [4.69, 9.17) is 0 Å². The summed E-state index contributed by atoms with van der Waals surface area (Å²) in [5.41, 5.74) is 5.79. The minimum Gasteiger partial charge on any atom is -0.103 e. The predicted molar refractivity (Wildman–Crippen MR) is 108 cm³/mol. The number of hydrogen-bond acceptors (Lipinski definition) is 0. The van der Waals surface area contributed by atoms with Crippen molar-refractivity contribution in [3.8, 4) is 0 Å². The van der Waals surface area contributed by atoms with Crippen molar-refractivity contribution in [2.75, 3.05) is 0 Å². The molecule has 4 rings (SSSR count). The van der Waals surface area contributed by atoms with E-state index in [-0.39, 0.29) is 0 Å². The summed E-state index contributed by atoms with van der Waals surface area (Å²) in [6.45, 7) is 9.13. The van der Waals surface area contributed by atoms with Crippen LogP contribution in [0.25, 0.3) is 0 Å². The van der Waals surface area contributed by atoms with Crippen molar-refractivity contribution in [2.24, 2.45) is 23.2 Å². The molecule has 3 aliphatic rings. The lowest BCUT2D eigenvalue weighted by atomic mass is 9.53. The molecule has 0 bridgehead atoms. The molecule has 25 heavy (non-hydrogen) atoms. The molecule has 0 heteroatoms. The topological polar surface area (TPSA) is 0 Å². The average Bonchev–Trinajstić information content (AvgIpc) is 3.03. The molecule has 0 spiro atoms. The van der Waals surface area contributed by atoms with Gasteiger partial charge in [-0.25, -0.2) is 0 Å². The SMILES string of the molecule is C=CC1CC(CCC)=C2C(c3ccccc3)CC3(C)CCCC3C2C1. The zero-order chi connectivity index (χ0) is 17.4. The monoisotopic (exact) mass is 334 g/mol. The van der Waals surface area contributed by atoms with Crippen molar-refractivity contribution in [3.63, 3.8) is 0 Å². The third kappa shape index (κ3) is 2.92. The van der Waals surface area contributed by atoms with E-state index in [1.54, 1.807) is 11.1 Å². The molecule has 1 aromatic rings. The van der Waals surface area contributed by atoms with Crippen molar-refractivity contribution in [2.45, 2.75) is 71.1 Å². The van der Waals surface area contributed by atoms with Crippen molar-refractivity contribution < 1.29 is 0 Å². The Kier molecular flexibility index (Phi) is 4.65. The Balaban J connectivity index is 1.83. The van der Waals surface area contributed by atoms with Gasteiger partial charge in [0.1, 0.15) is 0 Å². The van der Waals surface area contributed by atoms with Gasteiger partial charge in [-0.05, 0) is 67.3 Å². The van der Waals surface area contributed by atoms with Crippen LogP contribution in [-0.4, -0.2) is 0 Å². The molecule has 0 aliphatic heterocycles. The van der Waals surface area contributed by atoms with Crippen LogP contribution in [0.2, 0.25) is 0 Å². The van der Waals surface area contributed by atoms with Gasteiger partial charge in [0.15, 0.2) is 0 Å². The Morgan fingerprint density at radius 2 is 2.04 bits per heavy atom. The average molecular weight is 335 g/mol. The normalized spacial score (nSPS) is 37.5. The lowest BCUT2D eigenvalue weighted by Gasteiger charge is -2.51. The quantitative estimate of drug-likeness (QED) is 0.507. The minimum atomic E-state index is 0.551. The molecule has 3 aliphatic carbocycles. The fourth-order valence-corrected chi connectivity index (χ4v) is 6.61. The van der Waals surface area contributed by atoms with Gasteiger partial charge < -0.3 is 0 Å². The lowest BCUT2D eigenvalue weighted by molar-refractivity contribution is 0.0958. The van der Waals surface area contributed by atoms with Gasteiger partial charge in [-0.15, -0.1) is 6.58 Å². The summed E-state index contributed by atoms with van der Waals surface area (Å²) in [6.07, 6.45) is 13.2. The van der Waals surface area contributed by atoms with Gasteiger partial charge >= 0.3 is 0 Å². The molecule has 0 amide bonds. The van der Waals surface area contributed by atoms with E-state index in [9.17, 15) is 0 Å². The van der Waals surface area contributed by atoms with Crippen molar-refractivity contribution >= 4 is 0 Å². The van der Waals surface area contributed by atoms with Gasteiger partial charge in [-0.1, -0.05) is 74.2 Å². The standard InChI is InChI=1S/C25H34/c1-4-10-20-15-18(5-2)16-21-23-13-9-14-25(23,3)17-22(24(20)21)19-11-7-6-8-12-19/h5-8,11-12,18,21-23H,2,4,9-10,13-17H2,1,3H3. The summed E-state index contributed by atoms with van der Waals surface area (Å²) in [5.74, 6) is 3.09. The van der Waals surface area contributed by atoms with Crippen LogP contribution in [0.5, 0.6) is 0 Å². The van der Waals surface area contributed by atoms with E-state index in [1.807, 2.05) is 5.57 Å². The maximum atomic E-state index is 4.17. The minimum absolute atomic E-state index is 0.551. The Labute approximate surface area is 154 Å². The second-order valence-electron chi connectivity index (χ2n) is 9.17. The number of hydrogen-bond donors (Lipinski definition) is 0. The first-order chi connectivity index (χ1) is 12.2. The van der Waals surface area contributed by atoms with E-state index >= 15 is 0 Å². The number of fused-ring (bicyclic) bond motifs is 3. The fraction of sp³-hybridized carbons (Fsp3) is 0.600. The number of allylic oxidation sites excluding steroid dienone is 3. The maximum Gasteiger partial charge on any atom is 0.00590 e. The molecule has 1 aromatic carbocycles. The summed E-state index contributed by atoms with van der Waals surface area (Å²) in [6, 6.07) is 11.4. The Morgan fingerprint density at radius 3 is 2.76 bits per heavy atom. The molecule has 5 atom stereocenters. The molecule has 0 saturated heterocycles. The molecular weight excluding hydrogens is 300 g/mol. The highest BCUT2D eigenvalue weighted by Gasteiger charge is 2.52. The molecule has 134 valence electrons. The van der Waals surface area contributed by atoms with E-state index in [2.05, 4.69) is 56.8 Å². The van der Waals surface area contributed by atoms with Crippen LogP contribution in [-0.2, 0) is 0 Å². The second-order valence-corrected chi connectivity index (χ2v) is 9.17. The van der Waals surface area contributed by atoms with Crippen molar-refractivity contribution in [1.29, 1.82) is 0 Å². The third-order valence-electron chi connectivity index (χ3n) is 7.65. The van der Waals surface area contributed by atoms with Gasteiger partial charge in [0.25, 0.3) is 0 Å². The summed E-state index contributed by atoms with van der Waals surface area (Å²) < 4.78 is 0. The molecule has 0 radical (unpaired) electrons. The van der Waals surface area contributed by atoms with Crippen LogP contribution in [0.4, 0.5) is 0 Å². The van der Waals surface area contributed by atoms with Crippen LogP contribution >= 0.6 is 0 Å². The third-order valence-corrected chi connectivity index (χ3v) is 7.65. The first-order valence-corrected chi connectivity index (χ1v) is 10.6. The van der Waals surface area contributed by atoms with E-state index in [0.717, 1.165) is 11.8 Å². The van der Waals surface area contributed by atoms with E-state index in [0.29, 0.717) is 17.3 Å². The maximum absolute atomic E-state index is 4.17. The summed E-state index contributed by atoms with van der Waals surface area (Å²) >= 11 is 0. The molecule has 2 fully saturated rings. The summed E-state index contributed by atoms with van der Waals surface area (Å²) in [7, 11) is 0. The predicted octanol–water partition coefficient (Wildman–Crippen LogP) is 7.29. The fourth-order valence-electron chi connectivity index (χ4n) is 6.61. The largest absolute Gasteiger partial charge is 0.103 e. The molecule has 5 unspecified atom stereocenters. The zero-order valence-corrected chi connectivity index (χ0v) is 16.1. The number of benzene rings is 1. The Hall–Kier alpha value is -1.30. The van der Waals surface area contributed by atoms with Gasteiger partial charge in [0.05, 0.1) is 0 Å². The van der Waals surface area contributed by atoms with Gasteiger partial charge in [0.2, 0.25) is 0 Å². The molecule has 2 saturated carbocycles. The van der Waals surface area contributed by atoms with Crippen LogP contribution in [0.15, 0.2) is 54.1 Å². The van der Waals surface area contributed by atoms with Crippen molar-refractivity contribution in [3.05, 3.63) is 59.7 Å². The van der Waals surface area contributed by atoms with Crippen LogP contribution in [0, 0.1) is 23.2 Å². The molecule has 0 aromatic heterocycles. The lowest BCUT2D eigenvalue weighted by Crippen LogP contribution is -2.41. The Morgan fingerprint density at radius 1 is 1.24 bits per heavy atom. The van der Waals surface area contributed by atoms with Crippen LogP contribution in [0.3, 0.4) is 0 Å². The van der Waals surface area contributed by atoms with E-state index < -0.39 is 0 Å². The summed E-state index contributed by atoms with van der Waals surface area (Å²) in [5, 5.41) is 0. The Bertz CT molecular complexity index is 652. The molecule has 0 nitrogen and oxygen atoms in total. The summed E-state index contributed by atoms with van der Waals surface area (Å²) in [4.78, 5) is 0. The van der Waals surface area contributed by atoms with Gasteiger partial charge in [0, 0.05) is 5.92 Å². The number of rotatable bonds is 4. The highest BCUT2D eigenvalue weighted by atomic mass is 14.6. The second kappa shape index (κ2) is 6.78. The first kappa shape index (κ1) is 17.1. The van der Waals surface area contributed by atoms with Gasteiger partial charge in [-0.2, -0.15) is 0 Å². The highest BCUT2D eigenvalue weighted by Crippen LogP contribution is 2.63. The van der Waals surface area contributed by atoms with Crippen LogP contribution < -0.4 is 0 Å². The molecular formula is C25H34. The first-order valence-electron chi connectivity index (χ1n) is 10.6. The smallest absolute Gasteiger partial charge is 0.00590 e.